The number of nitro benzene ring substituents is 1. The van der Waals surface area contributed by atoms with E-state index in [4.69, 9.17) is 21.1 Å². The van der Waals surface area contributed by atoms with Crippen molar-refractivity contribution in [3.63, 3.8) is 0 Å². The third-order valence-electron chi connectivity index (χ3n) is 3.10. The van der Waals surface area contributed by atoms with E-state index in [1.165, 1.54) is 6.07 Å². The van der Waals surface area contributed by atoms with Gasteiger partial charge in [0.25, 0.3) is 0 Å². The Labute approximate surface area is 120 Å². The Balaban J connectivity index is 2.00. The molecule has 0 spiro atoms. The minimum atomic E-state index is -0.916. The van der Waals surface area contributed by atoms with Gasteiger partial charge in [-0.15, -0.1) is 11.6 Å². The quantitative estimate of drug-likeness (QED) is 0.459. The molecule has 0 aromatic heterocycles. The van der Waals surface area contributed by atoms with E-state index in [2.05, 4.69) is 0 Å². The van der Waals surface area contributed by atoms with E-state index in [9.17, 15) is 14.5 Å². The van der Waals surface area contributed by atoms with Gasteiger partial charge in [0.2, 0.25) is 5.82 Å². The lowest BCUT2D eigenvalue weighted by Gasteiger charge is -2.40. The molecule has 20 heavy (non-hydrogen) atoms. The molecule has 1 saturated carbocycles. The highest BCUT2D eigenvalue weighted by Gasteiger charge is 2.42. The van der Waals surface area contributed by atoms with Crippen LogP contribution in [-0.4, -0.2) is 29.1 Å². The molecule has 0 aliphatic heterocycles. The normalized spacial score (nSPS) is 25.1. The number of hydrogen-bond donors (Lipinski definition) is 0. The van der Waals surface area contributed by atoms with Gasteiger partial charge < -0.3 is 9.47 Å². The highest BCUT2D eigenvalue weighted by atomic mass is 35.5. The van der Waals surface area contributed by atoms with Crippen molar-refractivity contribution in [2.45, 2.75) is 37.4 Å². The average molecular weight is 304 g/mol. The van der Waals surface area contributed by atoms with Crippen LogP contribution in [0.2, 0.25) is 0 Å². The van der Waals surface area contributed by atoms with Crippen molar-refractivity contribution < 1.29 is 18.8 Å². The summed E-state index contributed by atoms with van der Waals surface area (Å²) in [6.45, 7) is 2.58. The van der Waals surface area contributed by atoms with Crippen LogP contribution in [0.5, 0.6) is 5.75 Å². The second-order valence-electron chi connectivity index (χ2n) is 4.61. The molecular formula is C13H15ClFNO4. The summed E-state index contributed by atoms with van der Waals surface area (Å²) in [7, 11) is 0. The van der Waals surface area contributed by atoms with Gasteiger partial charge in [0.05, 0.1) is 10.3 Å². The van der Waals surface area contributed by atoms with Crippen molar-refractivity contribution in [1.82, 2.24) is 0 Å². The number of benzene rings is 1. The molecule has 0 heterocycles. The van der Waals surface area contributed by atoms with Gasteiger partial charge in [0.1, 0.15) is 18.0 Å². The fourth-order valence-electron chi connectivity index (χ4n) is 1.99. The van der Waals surface area contributed by atoms with Crippen molar-refractivity contribution in [2.24, 2.45) is 0 Å². The van der Waals surface area contributed by atoms with Gasteiger partial charge in [-0.1, -0.05) is 6.92 Å². The van der Waals surface area contributed by atoms with Crippen molar-refractivity contribution in [1.29, 1.82) is 0 Å². The van der Waals surface area contributed by atoms with Crippen molar-refractivity contribution >= 4 is 17.3 Å². The first-order chi connectivity index (χ1) is 9.52. The molecule has 110 valence electrons. The molecule has 1 aliphatic carbocycles. The first-order valence-electron chi connectivity index (χ1n) is 6.39. The molecule has 0 bridgehead atoms. The van der Waals surface area contributed by atoms with E-state index < -0.39 is 16.4 Å². The smallest absolute Gasteiger partial charge is 0.305 e. The zero-order chi connectivity index (χ0) is 14.7. The average Bonchev–Trinajstić information content (AvgIpc) is 2.38. The Hall–Kier alpha value is -1.40. The third-order valence-corrected chi connectivity index (χ3v) is 3.52. The van der Waals surface area contributed by atoms with Crippen LogP contribution in [0.1, 0.15) is 19.8 Å². The summed E-state index contributed by atoms with van der Waals surface area (Å²) in [5.74, 6) is -0.674. The molecule has 0 radical (unpaired) electrons. The Bertz CT molecular complexity index is 499. The zero-order valence-electron chi connectivity index (χ0n) is 10.9. The molecule has 1 aromatic carbocycles. The predicted octanol–water partition coefficient (Wildman–Crippen LogP) is 3.29. The van der Waals surface area contributed by atoms with E-state index in [1.54, 1.807) is 0 Å². The molecule has 0 amide bonds. The molecule has 1 fully saturated rings. The zero-order valence-corrected chi connectivity index (χ0v) is 11.7. The van der Waals surface area contributed by atoms with Crippen LogP contribution in [0.25, 0.3) is 0 Å². The topological polar surface area (TPSA) is 61.6 Å². The molecule has 0 N–H and O–H groups in total. The van der Waals surface area contributed by atoms with Crippen LogP contribution in [0.3, 0.4) is 0 Å². The van der Waals surface area contributed by atoms with Gasteiger partial charge in [0.15, 0.2) is 0 Å². The monoisotopic (exact) mass is 303 g/mol. The van der Waals surface area contributed by atoms with E-state index in [-0.39, 0.29) is 23.3 Å². The minimum Gasteiger partial charge on any atom is -0.487 e. The summed E-state index contributed by atoms with van der Waals surface area (Å²) in [5.41, 5.74) is -0.569. The van der Waals surface area contributed by atoms with Gasteiger partial charge in [-0.05, 0) is 12.5 Å². The van der Waals surface area contributed by atoms with Crippen LogP contribution in [0.15, 0.2) is 18.2 Å². The maximum absolute atomic E-state index is 13.5. The summed E-state index contributed by atoms with van der Waals surface area (Å²) in [5, 5.41) is 10.4. The summed E-state index contributed by atoms with van der Waals surface area (Å²) in [4.78, 5) is 9.75. The first-order valence-corrected chi connectivity index (χ1v) is 6.82. The molecule has 1 aliphatic rings. The highest BCUT2D eigenvalue weighted by Crippen LogP contribution is 2.34. The lowest BCUT2D eigenvalue weighted by molar-refractivity contribution is -0.387. The van der Waals surface area contributed by atoms with E-state index in [1.807, 2.05) is 6.92 Å². The summed E-state index contributed by atoms with van der Waals surface area (Å²) in [6.07, 6.45) is 1.01. The second kappa shape index (κ2) is 6.37. The standard InChI is InChI=1S/C13H15ClFNO4/c1-2-5-19-13-9(14)7-12(13)20-8-3-4-11(16(17)18)10(15)6-8/h3-4,6,9,12-13H,2,5,7H2,1H3. The predicted molar refractivity (Wildman–Crippen MR) is 71.8 cm³/mol. The van der Waals surface area contributed by atoms with Gasteiger partial charge in [-0.25, -0.2) is 0 Å². The Morgan fingerprint density at radius 2 is 2.30 bits per heavy atom. The van der Waals surface area contributed by atoms with Crippen LogP contribution in [0, 0.1) is 15.9 Å². The number of rotatable bonds is 6. The van der Waals surface area contributed by atoms with Gasteiger partial charge >= 0.3 is 5.69 Å². The van der Waals surface area contributed by atoms with E-state index in [0.717, 1.165) is 18.6 Å². The van der Waals surface area contributed by atoms with Crippen molar-refractivity contribution in [2.75, 3.05) is 6.61 Å². The maximum atomic E-state index is 13.5. The Kier molecular flexibility index (Phi) is 4.77. The first kappa shape index (κ1) is 15.0. The number of halogens is 2. The minimum absolute atomic E-state index is 0.116. The molecule has 2 rings (SSSR count). The number of ether oxygens (including phenoxy) is 2. The molecule has 0 saturated heterocycles. The SMILES string of the molecule is CCCOC1C(Cl)CC1Oc1ccc([N+](=O)[O-])c(F)c1. The molecule has 3 atom stereocenters. The van der Waals surface area contributed by atoms with Gasteiger partial charge in [-0.2, -0.15) is 4.39 Å². The molecule has 3 unspecified atom stereocenters. The fraction of sp³-hybridized carbons (Fsp3) is 0.538. The van der Waals surface area contributed by atoms with Gasteiger partial charge in [0, 0.05) is 25.2 Å². The lowest BCUT2D eigenvalue weighted by atomic mass is 9.91. The maximum Gasteiger partial charge on any atom is 0.305 e. The summed E-state index contributed by atoms with van der Waals surface area (Å²) < 4.78 is 24.6. The number of hydrogen-bond acceptors (Lipinski definition) is 4. The Morgan fingerprint density at radius 3 is 2.85 bits per heavy atom. The summed E-state index contributed by atoms with van der Waals surface area (Å²) in [6, 6.07) is 3.47. The van der Waals surface area contributed by atoms with E-state index in [0.29, 0.717) is 13.0 Å². The number of nitrogens with zero attached hydrogens (tertiary/aromatic N) is 1. The van der Waals surface area contributed by atoms with Crippen molar-refractivity contribution in [3.8, 4) is 5.75 Å². The van der Waals surface area contributed by atoms with Crippen LogP contribution in [-0.2, 0) is 4.74 Å². The number of alkyl halides is 1. The Morgan fingerprint density at radius 1 is 1.55 bits per heavy atom. The lowest BCUT2D eigenvalue weighted by Crippen LogP contribution is -2.52. The van der Waals surface area contributed by atoms with Crippen LogP contribution in [0.4, 0.5) is 10.1 Å². The molecule has 7 heteroatoms. The molecular weight excluding hydrogens is 289 g/mol. The largest absolute Gasteiger partial charge is 0.487 e. The summed E-state index contributed by atoms with van der Waals surface area (Å²) >= 11 is 6.04. The van der Waals surface area contributed by atoms with Crippen LogP contribution >= 0.6 is 11.6 Å². The van der Waals surface area contributed by atoms with E-state index >= 15 is 0 Å². The number of nitro groups is 1. The fourth-order valence-corrected chi connectivity index (χ4v) is 2.40. The second-order valence-corrected chi connectivity index (χ2v) is 5.17. The highest BCUT2D eigenvalue weighted by molar-refractivity contribution is 6.21. The molecule has 5 nitrogen and oxygen atoms in total. The van der Waals surface area contributed by atoms with Crippen LogP contribution < -0.4 is 4.74 Å². The molecule has 1 aromatic rings. The van der Waals surface area contributed by atoms with Gasteiger partial charge in [-0.3, -0.25) is 10.1 Å². The third kappa shape index (κ3) is 3.19. The van der Waals surface area contributed by atoms with Crippen molar-refractivity contribution in [3.05, 3.63) is 34.1 Å².